The van der Waals surface area contributed by atoms with Gasteiger partial charge in [0.2, 0.25) is 5.91 Å². The topological polar surface area (TPSA) is 109 Å². The number of nitrogens with zero attached hydrogens (tertiary/aromatic N) is 3. The normalized spacial score (nSPS) is 11.7. The van der Waals surface area contributed by atoms with Gasteiger partial charge in [-0.05, 0) is 45.4 Å². The van der Waals surface area contributed by atoms with E-state index in [9.17, 15) is 14.9 Å². The van der Waals surface area contributed by atoms with Crippen LogP contribution in [0, 0.1) is 17.0 Å². The molecule has 0 aliphatic heterocycles. The summed E-state index contributed by atoms with van der Waals surface area (Å²) in [6.45, 7) is 8.28. The number of nitrogens with one attached hydrogen (secondary N) is 1. The van der Waals surface area contributed by atoms with Crippen LogP contribution >= 0.6 is 0 Å². The lowest BCUT2D eigenvalue weighted by molar-refractivity contribution is -0.385. The molecule has 9 nitrogen and oxygen atoms in total. The lowest BCUT2D eigenvalue weighted by Crippen LogP contribution is -2.30. The highest BCUT2D eigenvalue weighted by Crippen LogP contribution is 2.28. The molecule has 0 saturated carbocycles. The maximum atomic E-state index is 12.4. The molecule has 0 radical (unpaired) electrons. The highest BCUT2D eigenvalue weighted by atomic mass is 16.6. The quantitative estimate of drug-likeness (QED) is 0.532. The fourth-order valence-electron chi connectivity index (χ4n) is 2.51. The number of carbonyl (C=O) groups excluding carboxylic acids is 1. The molecular weight excluding hydrogens is 352 g/mol. The highest BCUT2D eigenvalue weighted by Gasteiger charge is 2.22. The highest BCUT2D eigenvalue weighted by molar-refractivity contribution is 5.79. The minimum absolute atomic E-state index is 0.109. The number of aryl methyl sites for hydroxylation is 1. The summed E-state index contributed by atoms with van der Waals surface area (Å²) in [6.07, 6.45) is 1.27. The second-order valence-corrected chi connectivity index (χ2v) is 5.88. The van der Waals surface area contributed by atoms with E-state index in [1.165, 1.54) is 17.8 Å². The van der Waals surface area contributed by atoms with Crippen molar-refractivity contribution in [2.24, 2.45) is 0 Å². The monoisotopic (exact) mass is 376 g/mol. The van der Waals surface area contributed by atoms with Crippen LogP contribution in [0.5, 0.6) is 11.5 Å². The average Bonchev–Trinajstić information content (AvgIpc) is 3.03. The van der Waals surface area contributed by atoms with Gasteiger partial charge < -0.3 is 14.8 Å². The zero-order valence-corrected chi connectivity index (χ0v) is 15.9. The molecule has 2 aromatic rings. The van der Waals surface area contributed by atoms with E-state index < -0.39 is 11.0 Å². The smallest absolute Gasteiger partial charge is 0.309 e. The first-order valence-corrected chi connectivity index (χ1v) is 8.73. The Kier molecular flexibility index (Phi) is 6.75. The lowest BCUT2D eigenvalue weighted by Gasteiger charge is -2.14. The van der Waals surface area contributed by atoms with Crippen LogP contribution in [0.25, 0.3) is 0 Å². The van der Waals surface area contributed by atoms with E-state index in [4.69, 9.17) is 9.47 Å². The third-order valence-corrected chi connectivity index (χ3v) is 3.94. The fourth-order valence-corrected chi connectivity index (χ4v) is 2.51. The van der Waals surface area contributed by atoms with Gasteiger partial charge in [-0.3, -0.25) is 19.6 Å². The van der Waals surface area contributed by atoms with Gasteiger partial charge in [0.25, 0.3) is 0 Å². The number of hydrogen-bond donors (Lipinski definition) is 1. The first-order valence-electron chi connectivity index (χ1n) is 8.73. The molecular formula is C18H24N4O5. The predicted molar refractivity (Wildman–Crippen MR) is 99.0 cm³/mol. The molecule has 1 aromatic carbocycles. The van der Waals surface area contributed by atoms with Gasteiger partial charge in [-0.2, -0.15) is 5.10 Å². The number of benzene rings is 1. The Hall–Kier alpha value is -3.10. The van der Waals surface area contributed by atoms with E-state index in [0.717, 1.165) is 5.56 Å². The summed E-state index contributed by atoms with van der Waals surface area (Å²) in [6, 6.07) is 4.80. The van der Waals surface area contributed by atoms with Crippen molar-refractivity contribution in [3.05, 3.63) is 45.8 Å². The van der Waals surface area contributed by atoms with Crippen LogP contribution < -0.4 is 14.8 Å². The Bertz CT molecular complexity index is 818. The average molecular weight is 376 g/mol. The Balaban J connectivity index is 2.05. The molecule has 0 fully saturated rings. The Morgan fingerprint density at radius 1 is 1.30 bits per heavy atom. The maximum Gasteiger partial charge on any atom is 0.309 e. The van der Waals surface area contributed by atoms with Crippen molar-refractivity contribution < 1.29 is 19.2 Å². The Morgan fingerprint density at radius 2 is 1.96 bits per heavy atom. The zero-order chi connectivity index (χ0) is 20.0. The van der Waals surface area contributed by atoms with Gasteiger partial charge in [0.15, 0.2) is 11.5 Å². The summed E-state index contributed by atoms with van der Waals surface area (Å²) in [4.78, 5) is 22.8. The van der Waals surface area contributed by atoms with E-state index in [2.05, 4.69) is 10.4 Å². The minimum atomic E-state index is -0.675. The van der Waals surface area contributed by atoms with Crippen molar-refractivity contribution in [2.45, 2.75) is 40.3 Å². The Morgan fingerprint density at radius 3 is 2.56 bits per heavy atom. The molecule has 1 amide bonds. The number of aromatic nitrogens is 2. The van der Waals surface area contributed by atoms with Gasteiger partial charge in [0.05, 0.1) is 18.1 Å². The molecule has 0 aliphatic carbocycles. The summed E-state index contributed by atoms with van der Waals surface area (Å²) < 4.78 is 12.4. The molecule has 1 aromatic heterocycles. The lowest BCUT2D eigenvalue weighted by atomic mass is 10.2. The molecule has 0 aliphatic rings. The second-order valence-electron chi connectivity index (χ2n) is 5.88. The molecule has 1 heterocycles. The van der Waals surface area contributed by atoms with E-state index in [0.29, 0.717) is 24.7 Å². The summed E-state index contributed by atoms with van der Waals surface area (Å²) >= 11 is 0. The molecule has 0 spiro atoms. The van der Waals surface area contributed by atoms with Crippen LogP contribution in [0.15, 0.2) is 24.4 Å². The SMILES string of the molecule is CCOc1ccc(CNC(=O)C(C)n2cc([N+](=O)[O-])c(C)n2)cc1OCC. The van der Waals surface area contributed by atoms with Crippen molar-refractivity contribution in [3.8, 4) is 11.5 Å². The Labute approximate surface area is 157 Å². The third kappa shape index (κ3) is 4.96. The maximum absolute atomic E-state index is 12.4. The summed E-state index contributed by atoms with van der Waals surface area (Å²) in [5.41, 5.74) is 1.01. The van der Waals surface area contributed by atoms with Crippen LogP contribution in [-0.2, 0) is 11.3 Å². The van der Waals surface area contributed by atoms with Crippen molar-refractivity contribution >= 4 is 11.6 Å². The fraction of sp³-hybridized carbons (Fsp3) is 0.444. The van der Waals surface area contributed by atoms with Crippen LogP contribution in [0.4, 0.5) is 5.69 Å². The molecule has 1 atom stereocenters. The standard InChI is InChI=1S/C18H24N4O5/c1-5-26-16-8-7-14(9-17(16)27-6-2)10-19-18(23)13(4)21-11-15(22(24)25)12(3)20-21/h7-9,11,13H,5-6,10H2,1-4H3,(H,19,23). The minimum Gasteiger partial charge on any atom is -0.490 e. The first-order chi connectivity index (χ1) is 12.9. The number of ether oxygens (including phenoxy) is 2. The largest absolute Gasteiger partial charge is 0.490 e. The molecule has 2 rings (SSSR count). The van der Waals surface area contributed by atoms with Crippen molar-refractivity contribution in [1.29, 1.82) is 0 Å². The molecule has 146 valence electrons. The number of nitro groups is 1. The first kappa shape index (κ1) is 20.2. The van der Waals surface area contributed by atoms with Crippen molar-refractivity contribution in [1.82, 2.24) is 15.1 Å². The van der Waals surface area contributed by atoms with Gasteiger partial charge in [-0.1, -0.05) is 6.07 Å². The van der Waals surface area contributed by atoms with Gasteiger partial charge in [0, 0.05) is 6.54 Å². The number of hydrogen-bond acceptors (Lipinski definition) is 6. The van der Waals surface area contributed by atoms with Crippen molar-refractivity contribution in [2.75, 3.05) is 13.2 Å². The summed E-state index contributed by atoms with van der Waals surface area (Å²) in [5.74, 6) is 0.985. The third-order valence-electron chi connectivity index (χ3n) is 3.94. The molecule has 9 heteroatoms. The van der Waals surface area contributed by atoms with Crippen LogP contribution in [0.3, 0.4) is 0 Å². The molecule has 0 saturated heterocycles. The second kappa shape index (κ2) is 9.02. The van der Waals surface area contributed by atoms with Crippen LogP contribution in [0.2, 0.25) is 0 Å². The summed E-state index contributed by atoms with van der Waals surface area (Å²) in [7, 11) is 0. The van der Waals surface area contributed by atoms with Crippen LogP contribution in [0.1, 0.15) is 38.1 Å². The van der Waals surface area contributed by atoms with E-state index >= 15 is 0 Å². The van der Waals surface area contributed by atoms with E-state index in [1.807, 2.05) is 26.0 Å². The molecule has 1 unspecified atom stereocenters. The predicted octanol–water partition coefficient (Wildman–Crippen LogP) is 2.77. The van der Waals surface area contributed by atoms with Gasteiger partial charge in [-0.25, -0.2) is 0 Å². The summed E-state index contributed by atoms with van der Waals surface area (Å²) in [5, 5.41) is 17.8. The van der Waals surface area contributed by atoms with Crippen LogP contribution in [-0.4, -0.2) is 33.8 Å². The van der Waals surface area contributed by atoms with Gasteiger partial charge in [-0.15, -0.1) is 0 Å². The van der Waals surface area contributed by atoms with Crippen molar-refractivity contribution in [3.63, 3.8) is 0 Å². The number of rotatable bonds is 9. The van der Waals surface area contributed by atoms with Gasteiger partial charge in [0.1, 0.15) is 17.9 Å². The number of amides is 1. The van der Waals surface area contributed by atoms with E-state index in [-0.39, 0.29) is 23.8 Å². The molecule has 1 N–H and O–H groups in total. The van der Waals surface area contributed by atoms with Gasteiger partial charge >= 0.3 is 5.69 Å². The van der Waals surface area contributed by atoms with E-state index in [1.54, 1.807) is 13.0 Å². The number of carbonyl (C=O) groups is 1. The molecule has 27 heavy (non-hydrogen) atoms. The molecule has 0 bridgehead atoms. The zero-order valence-electron chi connectivity index (χ0n) is 15.9.